The maximum absolute atomic E-state index is 13.4. The number of pyridine rings is 1. The van der Waals surface area contributed by atoms with Crippen molar-refractivity contribution in [3.8, 4) is 0 Å². The number of nitrogens with zero attached hydrogens (tertiary/aromatic N) is 2. The normalized spacial score (nSPS) is 17.4. The van der Waals surface area contributed by atoms with E-state index in [1.165, 1.54) is 4.90 Å². The largest absolute Gasteiger partial charge is 0.290 e. The highest BCUT2D eigenvalue weighted by Crippen LogP contribution is 2.44. The number of aromatic nitrogens is 1. The summed E-state index contributed by atoms with van der Waals surface area (Å²) in [5.41, 5.74) is 5.01. The molecule has 138 valence electrons. The number of imide groups is 1. The molecule has 5 rings (SSSR count). The van der Waals surface area contributed by atoms with Gasteiger partial charge in [0, 0.05) is 11.1 Å². The Morgan fingerprint density at radius 3 is 2.43 bits per heavy atom. The lowest BCUT2D eigenvalue weighted by Crippen LogP contribution is -2.50. The van der Waals surface area contributed by atoms with Crippen molar-refractivity contribution in [2.24, 2.45) is 0 Å². The fourth-order valence-electron chi connectivity index (χ4n) is 4.35. The van der Waals surface area contributed by atoms with Crippen LogP contribution < -0.4 is 9.88 Å². The minimum absolute atomic E-state index is 0.228. The van der Waals surface area contributed by atoms with Gasteiger partial charge in [-0.2, -0.15) is 0 Å². The fraction of sp³-hybridized carbons (Fsp3) is 0.174. The molecule has 3 aromatic rings. The van der Waals surface area contributed by atoms with Crippen LogP contribution in [0.4, 0.5) is 5.82 Å². The number of carbonyl (C=O) groups excluding carboxylic acids is 2. The maximum atomic E-state index is 13.4. The Morgan fingerprint density at radius 2 is 1.64 bits per heavy atom. The van der Waals surface area contributed by atoms with Crippen LogP contribution in [-0.4, -0.2) is 16.7 Å². The Morgan fingerprint density at radius 1 is 0.929 bits per heavy atom. The second-order valence-corrected chi connectivity index (χ2v) is 7.41. The summed E-state index contributed by atoms with van der Waals surface area (Å²) in [6.07, 6.45) is -0.443. The zero-order chi connectivity index (χ0) is 19.4. The van der Waals surface area contributed by atoms with Gasteiger partial charge in [0.25, 0.3) is 17.6 Å². The Labute approximate surface area is 163 Å². The monoisotopic (exact) mass is 370 g/mol. The Balaban J connectivity index is 1.75. The number of hydrogen-bond donors (Lipinski definition) is 0. The molecule has 1 atom stereocenters. The van der Waals surface area contributed by atoms with E-state index in [1.807, 2.05) is 56.3 Å². The van der Waals surface area contributed by atoms with Crippen molar-refractivity contribution in [3.05, 3.63) is 94.2 Å². The summed E-state index contributed by atoms with van der Waals surface area (Å²) in [6.45, 7) is 4.49. The van der Waals surface area contributed by atoms with Crippen molar-refractivity contribution in [1.82, 2.24) is 4.90 Å². The van der Waals surface area contributed by atoms with Crippen molar-refractivity contribution >= 4 is 17.6 Å². The van der Waals surface area contributed by atoms with E-state index in [0.29, 0.717) is 17.7 Å². The van der Waals surface area contributed by atoms with Crippen LogP contribution in [0.1, 0.15) is 49.3 Å². The molecule has 2 aliphatic rings. The number of anilines is 1. The van der Waals surface area contributed by atoms with Gasteiger partial charge in [-0.05, 0) is 37.1 Å². The van der Waals surface area contributed by atoms with Gasteiger partial charge in [0.2, 0.25) is 6.17 Å². The molecule has 0 fully saturated rings. The maximum Gasteiger partial charge on any atom is 0.290 e. The average Bonchev–Trinajstić information content (AvgIpc) is 2.99. The number of carbonyl (C=O) groups is 2. The van der Waals surface area contributed by atoms with Gasteiger partial charge in [-0.1, -0.05) is 48.5 Å². The van der Waals surface area contributed by atoms with Crippen LogP contribution in [0.25, 0.3) is 0 Å². The van der Waals surface area contributed by atoms with Gasteiger partial charge in [-0.3, -0.25) is 9.59 Å². The lowest BCUT2D eigenvalue weighted by Gasteiger charge is -2.35. The van der Waals surface area contributed by atoms with Gasteiger partial charge in [-0.15, -0.1) is 0 Å². The molecule has 0 saturated carbocycles. The molecule has 0 spiro atoms. The van der Waals surface area contributed by atoms with Crippen LogP contribution in [0, 0.1) is 13.8 Å². The Bertz CT molecular complexity index is 1120. The molecule has 5 heteroatoms. The molecular weight excluding hydrogens is 350 g/mol. The van der Waals surface area contributed by atoms with Crippen molar-refractivity contribution in [2.75, 3.05) is 4.90 Å². The highest BCUT2D eigenvalue weighted by Gasteiger charge is 2.53. The molecule has 2 aliphatic heterocycles. The summed E-state index contributed by atoms with van der Waals surface area (Å²) in [7, 11) is 0. The predicted octanol–water partition coefficient (Wildman–Crippen LogP) is 3.43. The van der Waals surface area contributed by atoms with E-state index < -0.39 is 6.17 Å². The molecular formula is C23H20N3O2+. The molecule has 3 heterocycles. The second kappa shape index (κ2) is 6.02. The van der Waals surface area contributed by atoms with E-state index in [2.05, 4.69) is 22.0 Å². The molecule has 28 heavy (non-hydrogen) atoms. The van der Waals surface area contributed by atoms with E-state index in [0.717, 1.165) is 28.2 Å². The van der Waals surface area contributed by atoms with Crippen LogP contribution in [0.3, 0.4) is 0 Å². The highest BCUT2D eigenvalue weighted by atomic mass is 16.2. The Hall–Kier alpha value is -3.47. The topological polar surface area (TPSA) is 54.8 Å². The molecule has 0 unspecified atom stereocenters. The molecule has 1 N–H and O–H groups in total. The van der Waals surface area contributed by atoms with Gasteiger partial charge >= 0.3 is 0 Å². The van der Waals surface area contributed by atoms with Crippen LogP contribution in [0.5, 0.6) is 0 Å². The molecule has 5 nitrogen and oxygen atoms in total. The standard InChI is InChI=1S/C23H19N3O2/c1-14-12-15(2)24-20-19(14)23(28)26-21(17-10-6-7-11-18(17)22(26)27)25(20)13-16-8-4-3-5-9-16/h3-12,21H,13H2,1-2H3/p+1/t21-/m1/s1. The summed E-state index contributed by atoms with van der Waals surface area (Å²) < 4.78 is 0. The number of hydrogen-bond acceptors (Lipinski definition) is 3. The van der Waals surface area contributed by atoms with Crippen molar-refractivity contribution in [3.63, 3.8) is 0 Å². The quantitative estimate of drug-likeness (QED) is 0.650. The van der Waals surface area contributed by atoms with Gasteiger partial charge in [0.1, 0.15) is 12.1 Å². The smallest absolute Gasteiger partial charge is 0.268 e. The highest BCUT2D eigenvalue weighted by molar-refractivity contribution is 6.16. The number of nitrogens with one attached hydrogen (secondary N) is 1. The van der Waals surface area contributed by atoms with Gasteiger partial charge in [0.05, 0.1) is 5.69 Å². The number of amides is 2. The zero-order valence-corrected chi connectivity index (χ0v) is 15.8. The van der Waals surface area contributed by atoms with Crippen molar-refractivity contribution in [1.29, 1.82) is 0 Å². The van der Waals surface area contributed by atoms with E-state index in [-0.39, 0.29) is 11.8 Å². The van der Waals surface area contributed by atoms with Crippen molar-refractivity contribution in [2.45, 2.75) is 26.6 Å². The van der Waals surface area contributed by atoms with Crippen molar-refractivity contribution < 1.29 is 14.6 Å². The third-order valence-corrected chi connectivity index (χ3v) is 5.52. The molecule has 0 aliphatic carbocycles. The van der Waals surface area contributed by atoms with E-state index in [9.17, 15) is 9.59 Å². The lowest BCUT2D eigenvalue weighted by atomic mass is 10.0. The van der Waals surface area contributed by atoms with E-state index in [4.69, 9.17) is 0 Å². The van der Waals surface area contributed by atoms with Gasteiger partial charge in [0.15, 0.2) is 0 Å². The van der Waals surface area contributed by atoms with Crippen LogP contribution in [0.15, 0.2) is 60.7 Å². The van der Waals surface area contributed by atoms with Crippen LogP contribution >= 0.6 is 0 Å². The predicted molar refractivity (Wildman–Crippen MR) is 105 cm³/mol. The average molecular weight is 370 g/mol. The molecule has 1 aromatic heterocycles. The van der Waals surface area contributed by atoms with Crippen LogP contribution in [0.2, 0.25) is 0 Å². The number of fused-ring (bicyclic) bond motifs is 4. The van der Waals surface area contributed by atoms with Gasteiger partial charge < -0.3 is 0 Å². The SMILES string of the molecule is Cc1cc(C)c2c([nH+]1)N(Cc1ccccc1)[C@H]1c3ccccc3C(=O)N1C2=O. The number of rotatable bonds is 2. The minimum atomic E-state index is -0.443. The summed E-state index contributed by atoms with van der Waals surface area (Å²) in [4.78, 5) is 33.4. The zero-order valence-electron chi connectivity index (χ0n) is 15.8. The summed E-state index contributed by atoms with van der Waals surface area (Å²) >= 11 is 0. The number of aryl methyl sites for hydroxylation is 2. The Kier molecular flexibility index (Phi) is 3.59. The molecule has 2 aromatic carbocycles. The number of aromatic amines is 1. The molecule has 0 radical (unpaired) electrons. The first-order chi connectivity index (χ1) is 13.6. The third kappa shape index (κ3) is 2.29. The third-order valence-electron chi connectivity index (χ3n) is 5.52. The number of benzene rings is 2. The van der Waals surface area contributed by atoms with Gasteiger partial charge in [-0.25, -0.2) is 14.8 Å². The lowest BCUT2D eigenvalue weighted by molar-refractivity contribution is -0.375. The molecule has 2 amide bonds. The molecule has 0 saturated heterocycles. The first kappa shape index (κ1) is 16.7. The first-order valence-corrected chi connectivity index (χ1v) is 9.37. The second-order valence-electron chi connectivity index (χ2n) is 7.41. The first-order valence-electron chi connectivity index (χ1n) is 9.37. The number of H-pyrrole nitrogens is 1. The summed E-state index contributed by atoms with van der Waals surface area (Å²) in [6, 6.07) is 19.6. The summed E-state index contributed by atoms with van der Waals surface area (Å²) in [5.74, 6) is 0.311. The van der Waals surface area contributed by atoms with Crippen LogP contribution in [-0.2, 0) is 6.54 Å². The molecule has 0 bridgehead atoms. The van der Waals surface area contributed by atoms with E-state index in [1.54, 1.807) is 6.07 Å². The fourth-order valence-corrected chi connectivity index (χ4v) is 4.35. The minimum Gasteiger partial charge on any atom is -0.268 e. The van der Waals surface area contributed by atoms with E-state index >= 15 is 0 Å². The summed E-state index contributed by atoms with van der Waals surface area (Å²) in [5, 5.41) is 0.